The number of hydrogen-bond acceptors (Lipinski definition) is 2. The number of pyridine rings is 1. The fourth-order valence-electron chi connectivity index (χ4n) is 7.21. The molecular weight excluding hydrogens is 534 g/mol. The van der Waals surface area contributed by atoms with Crippen LogP contribution in [0.5, 0.6) is 0 Å². The molecule has 0 saturated carbocycles. The number of fused-ring (bicyclic) bond motifs is 7. The van der Waals surface area contributed by atoms with Gasteiger partial charge in [-0.3, -0.25) is 0 Å². The van der Waals surface area contributed by atoms with Gasteiger partial charge in [0, 0.05) is 39.2 Å². The first-order chi connectivity index (χ1) is 21.8. The Morgan fingerprint density at radius 3 is 2.16 bits per heavy atom. The molecule has 2 atom stereocenters. The van der Waals surface area contributed by atoms with Gasteiger partial charge in [0.15, 0.2) is 0 Å². The Hall–Kier alpha value is -5.67. The van der Waals surface area contributed by atoms with Gasteiger partial charge in [-0.15, -0.1) is 0 Å². The third-order valence-electron chi connectivity index (χ3n) is 9.11. The minimum atomic E-state index is 0.140. The first-order valence-electron chi connectivity index (χ1n) is 15.2. The number of hydrogen-bond donors (Lipinski definition) is 0. The molecule has 0 spiro atoms. The van der Waals surface area contributed by atoms with Gasteiger partial charge in [0.05, 0.1) is 22.8 Å². The van der Waals surface area contributed by atoms with Gasteiger partial charge >= 0.3 is 0 Å². The van der Waals surface area contributed by atoms with Gasteiger partial charge in [-0.05, 0) is 53.6 Å². The lowest BCUT2D eigenvalue weighted by atomic mass is 9.90. The van der Waals surface area contributed by atoms with E-state index in [9.17, 15) is 0 Å². The van der Waals surface area contributed by atoms with Crippen molar-refractivity contribution in [1.82, 2.24) is 9.55 Å². The average molecular weight is 564 g/mol. The van der Waals surface area contributed by atoms with E-state index in [1.54, 1.807) is 0 Å². The number of aromatic nitrogens is 2. The number of para-hydroxylation sites is 2. The van der Waals surface area contributed by atoms with E-state index >= 15 is 0 Å². The number of rotatable bonds is 4. The van der Waals surface area contributed by atoms with E-state index in [1.807, 2.05) is 0 Å². The second kappa shape index (κ2) is 9.96. The second-order valence-electron chi connectivity index (χ2n) is 11.6. The molecule has 3 heterocycles. The molecule has 0 saturated heterocycles. The van der Waals surface area contributed by atoms with E-state index in [1.165, 1.54) is 49.9 Å². The third-order valence-corrected chi connectivity index (χ3v) is 9.11. The lowest BCUT2D eigenvalue weighted by Gasteiger charge is -2.28. The molecule has 0 bridgehead atoms. The Labute approximate surface area is 256 Å². The van der Waals surface area contributed by atoms with Crippen LogP contribution in [0, 0.1) is 0 Å². The fraction of sp³-hybridized carbons (Fsp3) is 0.0488. The Bertz CT molecular complexity index is 2240. The summed E-state index contributed by atoms with van der Waals surface area (Å²) in [6.07, 6.45) is 9.07. The Morgan fingerprint density at radius 1 is 0.545 bits per heavy atom. The minimum absolute atomic E-state index is 0.140. The molecule has 2 aromatic heterocycles. The van der Waals surface area contributed by atoms with E-state index < -0.39 is 0 Å². The summed E-state index contributed by atoms with van der Waals surface area (Å²) in [5.74, 6) is 1.17. The van der Waals surface area contributed by atoms with E-state index in [0.29, 0.717) is 0 Å². The lowest BCUT2D eigenvalue weighted by molar-refractivity contribution is 0.739. The van der Waals surface area contributed by atoms with Gasteiger partial charge < -0.3 is 9.47 Å². The van der Waals surface area contributed by atoms with Gasteiger partial charge in [-0.1, -0.05) is 121 Å². The van der Waals surface area contributed by atoms with Crippen LogP contribution in [-0.4, -0.2) is 15.6 Å². The molecule has 0 radical (unpaired) electrons. The van der Waals surface area contributed by atoms with Gasteiger partial charge in [0.1, 0.15) is 5.82 Å². The third kappa shape index (κ3) is 3.79. The molecule has 7 aromatic rings. The number of nitrogens with zero attached hydrogens (tertiary/aromatic N) is 3. The molecule has 5 aromatic carbocycles. The molecule has 0 fully saturated rings. The molecular formula is C41H29N3. The van der Waals surface area contributed by atoms with Crippen molar-refractivity contribution < 1.29 is 0 Å². The zero-order valence-corrected chi connectivity index (χ0v) is 24.1. The number of benzene rings is 5. The molecule has 2 unspecified atom stereocenters. The number of allylic oxidation sites excluding steroid dienone is 2. The summed E-state index contributed by atoms with van der Waals surface area (Å²) in [7, 11) is 0. The highest BCUT2D eigenvalue weighted by Gasteiger charge is 2.40. The van der Waals surface area contributed by atoms with Crippen molar-refractivity contribution in [3.05, 3.63) is 169 Å². The van der Waals surface area contributed by atoms with Crippen molar-refractivity contribution in [2.75, 3.05) is 4.90 Å². The van der Waals surface area contributed by atoms with Gasteiger partial charge in [-0.2, -0.15) is 0 Å². The number of anilines is 2. The molecule has 3 heteroatoms. The van der Waals surface area contributed by atoms with Gasteiger partial charge in [0.25, 0.3) is 0 Å². The van der Waals surface area contributed by atoms with Crippen molar-refractivity contribution in [3.63, 3.8) is 0 Å². The first-order valence-corrected chi connectivity index (χ1v) is 15.2. The van der Waals surface area contributed by atoms with Crippen LogP contribution in [-0.2, 0) is 0 Å². The van der Waals surface area contributed by atoms with Crippen LogP contribution >= 0.6 is 0 Å². The summed E-state index contributed by atoms with van der Waals surface area (Å²) in [6, 6.07) is 49.9. The molecule has 44 heavy (non-hydrogen) atoms. The predicted octanol–water partition coefficient (Wildman–Crippen LogP) is 10.2. The van der Waals surface area contributed by atoms with E-state index in [2.05, 4.69) is 173 Å². The maximum absolute atomic E-state index is 5.31. The van der Waals surface area contributed by atoms with Crippen LogP contribution in [0.4, 0.5) is 11.5 Å². The smallest absolute Gasteiger partial charge is 0.134 e. The standard InChI is InChI=1S/C41H29N3/c1-3-13-28(14-4-1)29-15-11-16-30(27-29)35-21-12-24-39(42-35)44-37-23-10-8-20-34(37)40-38(44)26-25-33-32-19-7-9-22-36(32)43(41(33)40)31-17-5-2-6-18-31/h1-27,34,37H. The molecule has 9 rings (SSSR count). The highest BCUT2D eigenvalue weighted by atomic mass is 15.2. The molecule has 3 nitrogen and oxygen atoms in total. The van der Waals surface area contributed by atoms with Crippen LogP contribution < -0.4 is 4.90 Å². The zero-order chi connectivity index (χ0) is 29.0. The van der Waals surface area contributed by atoms with Crippen LogP contribution in [0.3, 0.4) is 0 Å². The molecule has 0 amide bonds. The summed E-state index contributed by atoms with van der Waals surface area (Å²) < 4.78 is 2.45. The molecule has 1 aliphatic heterocycles. The molecule has 0 N–H and O–H groups in total. The van der Waals surface area contributed by atoms with Crippen LogP contribution in [0.15, 0.2) is 164 Å². The monoisotopic (exact) mass is 563 g/mol. The normalized spacial score (nSPS) is 16.9. The summed E-state index contributed by atoms with van der Waals surface area (Å²) in [4.78, 5) is 7.76. The topological polar surface area (TPSA) is 21.1 Å². The van der Waals surface area contributed by atoms with E-state index in [0.717, 1.165) is 17.1 Å². The second-order valence-corrected chi connectivity index (χ2v) is 11.6. The Balaban J connectivity index is 1.24. The Morgan fingerprint density at radius 2 is 1.27 bits per heavy atom. The first kappa shape index (κ1) is 24.9. The van der Waals surface area contributed by atoms with Crippen molar-refractivity contribution in [3.8, 4) is 28.1 Å². The fourth-order valence-corrected chi connectivity index (χ4v) is 7.21. The van der Waals surface area contributed by atoms with Crippen LogP contribution in [0.2, 0.25) is 0 Å². The maximum Gasteiger partial charge on any atom is 0.134 e. The average Bonchev–Trinajstić information content (AvgIpc) is 3.62. The van der Waals surface area contributed by atoms with E-state index in [4.69, 9.17) is 4.98 Å². The highest BCUT2D eigenvalue weighted by molar-refractivity contribution is 6.12. The molecule has 2 aliphatic rings. The van der Waals surface area contributed by atoms with Crippen molar-refractivity contribution in [1.29, 1.82) is 0 Å². The predicted molar refractivity (Wildman–Crippen MR) is 183 cm³/mol. The van der Waals surface area contributed by atoms with Crippen LogP contribution in [0.1, 0.15) is 11.5 Å². The molecule has 1 aliphatic carbocycles. The van der Waals surface area contributed by atoms with Crippen molar-refractivity contribution in [2.45, 2.75) is 12.0 Å². The van der Waals surface area contributed by atoms with Gasteiger partial charge in [0.2, 0.25) is 0 Å². The van der Waals surface area contributed by atoms with Crippen molar-refractivity contribution >= 4 is 33.3 Å². The maximum atomic E-state index is 5.31. The summed E-state index contributed by atoms with van der Waals surface area (Å²) in [5.41, 5.74) is 10.7. The SMILES string of the molecule is C1=CC2c3c(ccc4c5ccccc5n(-c5ccccc5)c34)N(c3cccc(-c4cccc(-c5ccccc5)c4)n3)C2C=C1. The van der Waals surface area contributed by atoms with Crippen molar-refractivity contribution in [2.24, 2.45) is 0 Å². The van der Waals surface area contributed by atoms with E-state index in [-0.39, 0.29) is 12.0 Å². The Kier molecular flexibility index (Phi) is 5.63. The zero-order valence-electron chi connectivity index (χ0n) is 24.1. The summed E-state index contributed by atoms with van der Waals surface area (Å²) in [5, 5.41) is 2.56. The molecule has 208 valence electrons. The largest absolute Gasteiger partial charge is 0.318 e. The minimum Gasteiger partial charge on any atom is -0.318 e. The summed E-state index contributed by atoms with van der Waals surface area (Å²) in [6.45, 7) is 0. The van der Waals surface area contributed by atoms with Gasteiger partial charge in [-0.25, -0.2) is 4.98 Å². The summed E-state index contributed by atoms with van der Waals surface area (Å²) >= 11 is 0. The van der Waals surface area contributed by atoms with Crippen LogP contribution in [0.25, 0.3) is 49.9 Å². The quantitative estimate of drug-likeness (QED) is 0.212. The lowest BCUT2D eigenvalue weighted by Crippen LogP contribution is -2.29. The highest BCUT2D eigenvalue weighted by Crippen LogP contribution is 2.52.